The van der Waals surface area contributed by atoms with Crippen LogP contribution in [0.25, 0.3) is 22.5 Å². The number of carbonyl (C=O) groups is 2. The number of rotatable bonds is 2. The predicted octanol–water partition coefficient (Wildman–Crippen LogP) is 4.36. The first-order valence-electron chi connectivity index (χ1n) is 8.36. The molecule has 26 heavy (non-hydrogen) atoms. The van der Waals surface area contributed by atoms with Gasteiger partial charge < -0.3 is 0 Å². The van der Waals surface area contributed by atoms with Gasteiger partial charge >= 0.3 is 0 Å². The Balaban J connectivity index is 2.00. The number of aryl methyl sites for hydroxylation is 2. The van der Waals surface area contributed by atoms with E-state index in [1.807, 2.05) is 62.4 Å². The highest BCUT2D eigenvalue weighted by molar-refractivity contribution is 6.20. The van der Waals surface area contributed by atoms with Gasteiger partial charge in [-0.25, -0.2) is 9.97 Å². The number of aromatic nitrogens is 2. The van der Waals surface area contributed by atoms with E-state index in [1.165, 1.54) is 12.2 Å². The van der Waals surface area contributed by atoms with Crippen molar-refractivity contribution in [3.05, 3.63) is 83.2 Å². The summed E-state index contributed by atoms with van der Waals surface area (Å²) < 4.78 is 0. The van der Waals surface area contributed by atoms with Gasteiger partial charge in [0.25, 0.3) is 0 Å². The van der Waals surface area contributed by atoms with Crippen LogP contribution in [0.5, 0.6) is 0 Å². The molecule has 0 unspecified atom stereocenters. The summed E-state index contributed by atoms with van der Waals surface area (Å²) in [5.41, 5.74) is 5.41. The zero-order valence-corrected chi connectivity index (χ0v) is 14.5. The Kier molecular flexibility index (Phi) is 3.81. The minimum atomic E-state index is -0.295. The normalized spacial score (nSPS) is 13.0. The van der Waals surface area contributed by atoms with E-state index in [2.05, 4.69) is 9.97 Å². The highest BCUT2D eigenvalue weighted by Crippen LogP contribution is 2.31. The Bertz CT molecular complexity index is 976. The lowest BCUT2D eigenvalue weighted by Crippen LogP contribution is -2.17. The average Bonchev–Trinajstić information content (AvgIpc) is 2.65. The standard InChI is InChI=1S/C22H16N2O2/c1-13-3-7-15(8-4-13)19-20(16-9-5-14(2)6-10-16)24-22-18(26)12-11-17(25)21(22)23-19/h3-12H,1-2H3. The highest BCUT2D eigenvalue weighted by atomic mass is 16.1. The zero-order valence-electron chi connectivity index (χ0n) is 14.5. The van der Waals surface area contributed by atoms with Crippen molar-refractivity contribution in [2.24, 2.45) is 0 Å². The molecule has 0 N–H and O–H groups in total. The fourth-order valence-corrected chi connectivity index (χ4v) is 2.91. The van der Waals surface area contributed by atoms with Crippen LogP contribution in [0.2, 0.25) is 0 Å². The van der Waals surface area contributed by atoms with Gasteiger partial charge in [-0.05, 0) is 26.0 Å². The fourth-order valence-electron chi connectivity index (χ4n) is 2.91. The van der Waals surface area contributed by atoms with Gasteiger partial charge in [0, 0.05) is 11.1 Å². The van der Waals surface area contributed by atoms with E-state index in [0.29, 0.717) is 11.4 Å². The van der Waals surface area contributed by atoms with E-state index in [9.17, 15) is 9.59 Å². The van der Waals surface area contributed by atoms with Crippen LogP contribution < -0.4 is 0 Å². The molecule has 0 atom stereocenters. The van der Waals surface area contributed by atoms with Crippen LogP contribution in [0, 0.1) is 13.8 Å². The van der Waals surface area contributed by atoms with E-state index < -0.39 is 0 Å². The van der Waals surface area contributed by atoms with Crippen molar-refractivity contribution in [1.82, 2.24) is 9.97 Å². The summed E-state index contributed by atoms with van der Waals surface area (Å²) in [6, 6.07) is 15.8. The molecule has 0 saturated carbocycles. The van der Waals surface area contributed by atoms with Gasteiger partial charge in [-0.15, -0.1) is 0 Å². The Labute approximate surface area is 151 Å². The molecule has 0 bridgehead atoms. The third-order valence-corrected chi connectivity index (χ3v) is 4.40. The third kappa shape index (κ3) is 2.75. The summed E-state index contributed by atoms with van der Waals surface area (Å²) in [5.74, 6) is -0.591. The molecular weight excluding hydrogens is 324 g/mol. The molecule has 0 fully saturated rings. The lowest BCUT2D eigenvalue weighted by atomic mass is 9.99. The second-order valence-electron chi connectivity index (χ2n) is 6.41. The molecule has 3 aromatic rings. The third-order valence-electron chi connectivity index (χ3n) is 4.40. The average molecular weight is 340 g/mol. The summed E-state index contributed by atoms with van der Waals surface area (Å²) in [6.07, 6.45) is 2.51. The van der Waals surface area contributed by atoms with Gasteiger partial charge in [0.05, 0.1) is 11.4 Å². The maximum Gasteiger partial charge on any atom is 0.206 e. The van der Waals surface area contributed by atoms with Crippen LogP contribution in [-0.2, 0) is 0 Å². The van der Waals surface area contributed by atoms with Crippen LogP contribution >= 0.6 is 0 Å². The molecule has 1 aliphatic carbocycles. The van der Waals surface area contributed by atoms with E-state index in [-0.39, 0.29) is 23.0 Å². The van der Waals surface area contributed by atoms with Gasteiger partial charge in [0.15, 0.2) is 0 Å². The molecule has 4 heteroatoms. The quantitative estimate of drug-likeness (QED) is 0.695. The maximum absolute atomic E-state index is 12.2. The maximum atomic E-state index is 12.2. The molecule has 0 spiro atoms. The van der Waals surface area contributed by atoms with Crippen molar-refractivity contribution in [2.75, 3.05) is 0 Å². The first kappa shape index (κ1) is 16.1. The smallest absolute Gasteiger partial charge is 0.206 e. The van der Waals surface area contributed by atoms with Crippen molar-refractivity contribution < 1.29 is 9.59 Å². The predicted molar refractivity (Wildman–Crippen MR) is 100 cm³/mol. The number of ketones is 2. The topological polar surface area (TPSA) is 59.9 Å². The lowest BCUT2D eigenvalue weighted by molar-refractivity contribution is 0.0987. The van der Waals surface area contributed by atoms with E-state index in [4.69, 9.17) is 0 Å². The van der Waals surface area contributed by atoms with E-state index >= 15 is 0 Å². The Morgan fingerprint density at radius 1 is 0.538 bits per heavy atom. The van der Waals surface area contributed by atoms with Gasteiger partial charge in [-0.3, -0.25) is 9.59 Å². The number of fused-ring (bicyclic) bond motifs is 1. The van der Waals surface area contributed by atoms with Crippen LogP contribution in [-0.4, -0.2) is 21.5 Å². The fraction of sp³-hybridized carbons (Fsp3) is 0.0909. The first-order chi connectivity index (χ1) is 12.5. The van der Waals surface area contributed by atoms with Crippen LogP contribution in [0.15, 0.2) is 60.7 Å². The molecule has 4 nitrogen and oxygen atoms in total. The second kappa shape index (κ2) is 6.15. The SMILES string of the molecule is Cc1ccc(-c2nc3c(nc2-c2ccc(C)cc2)C(=O)C=CC3=O)cc1. The van der Waals surface area contributed by atoms with E-state index in [0.717, 1.165) is 22.3 Å². The molecule has 0 amide bonds. The number of hydrogen-bond donors (Lipinski definition) is 0. The van der Waals surface area contributed by atoms with Gasteiger partial charge in [0.1, 0.15) is 11.4 Å². The van der Waals surface area contributed by atoms with Crippen molar-refractivity contribution in [3.8, 4) is 22.5 Å². The number of benzene rings is 2. The van der Waals surface area contributed by atoms with Crippen LogP contribution in [0.3, 0.4) is 0 Å². The van der Waals surface area contributed by atoms with Gasteiger partial charge in [-0.2, -0.15) is 0 Å². The minimum absolute atomic E-state index is 0.115. The molecule has 0 radical (unpaired) electrons. The van der Waals surface area contributed by atoms with Gasteiger partial charge in [0.2, 0.25) is 11.6 Å². The zero-order chi connectivity index (χ0) is 18.3. The number of nitrogens with zero attached hydrogens (tertiary/aromatic N) is 2. The van der Waals surface area contributed by atoms with Gasteiger partial charge in [-0.1, -0.05) is 59.7 Å². The molecule has 0 aliphatic heterocycles. The molecule has 1 heterocycles. The number of hydrogen-bond acceptors (Lipinski definition) is 4. The molecule has 4 rings (SSSR count). The molecule has 126 valence electrons. The molecule has 2 aromatic carbocycles. The van der Waals surface area contributed by atoms with Crippen LogP contribution in [0.4, 0.5) is 0 Å². The summed E-state index contributed by atoms with van der Waals surface area (Å²) >= 11 is 0. The minimum Gasteiger partial charge on any atom is -0.287 e. The van der Waals surface area contributed by atoms with Crippen molar-refractivity contribution in [3.63, 3.8) is 0 Å². The molecular formula is C22H16N2O2. The van der Waals surface area contributed by atoms with E-state index in [1.54, 1.807) is 0 Å². The summed E-state index contributed by atoms with van der Waals surface area (Å²) in [4.78, 5) is 33.6. The monoisotopic (exact) mass is 340 g/mol. The molecule has 1 aromatic heterocycles. The molecule has 0 saturated heterocycles. The highest BCUT2D eigenvalue weighted by Gasteiger charge is 2.26. The Morgan fingerprint density at radius 2 is 0.885 bits per heavy atom. The second-order valence-corrected chi connectivity index (χ2v) is 6.41. The summed E-state index contributed by atoms with van der Waals surface area (Å²) in [7, 11) is 0. The van der Waals surface area contributed by atoms with Crippen molar-refractivity contribution in [1.29, 1.82) is 0 Å². The van der Waals surface area contributed by atoms with Crippen LogP contribution in [0.1, 0.15) is 32.1 Å². The lowest BCUT2D eigenvalue weighted by Gasteiger charge is -2.14. The molecule has 1 aliphatic rings. The number of allylic oxidation sites excluding steroid dienone is 2. The van der Waals surface area contributed by atoms with Crippen molar-refractivity contribution in [2.45, 2.75) is 13.8 Å². The first-order valence-corrected chi connectivity index (χ1v) is 8.36. The Hall–Kier alpha value is -3.40. The van der Waals surface area contributed by atoms with Crippen molar-refractivity contribution >= 4 is 11.6 Å². The largest absolute Gasteiger partial charge is 0.287 e. The number of carbonyl (C=O) groups excluding carboxylic acids is 2. The summed E-state index contributed by atoms with van der Waals surface area (Å²) in [5, 5.41) is 0. The Morgan fingerprint density at radius 3 is 1.23 bits per heavy atom. The summed E-state index contributed by atoms with van der Waals surface area (Å²) in [6.45, 7) is 4.02.